The summed E-state index contributed by atoms with van der Waals surface area (Å²) in [5, 5.41) is 0. The summed E-state index contributed by atoms with van der Waals surface area (Å²) in [6.45, 7) is 16.1. The van der Waals surface area contributed by atoms with Gasteiger partial charge in [-0.05, 0) is 90.8 Å². The Hall–Kier alpha value is -2.17. The largest absolute Gasteiger partial charge is 0.488 e. The smallest absolute Gasteiger partial charge is 0.394 e. The normalized spacial score (nSPS) is 13.5. The van der Waals surface area contributed by atoms with Gasteiger partial charge in [0.15, 0.2) is 0 Å². The van der Waals surface area contributed by atoms with Crippen molar-refractivity contribution in [2.75, 3.05) is 0 Å². The minimum Gasteiger partial charge on any atom is -0.488 e. The summed E-state index contributed by atoms with van der Waals surface area (Å²) in [5.41, 5.74) is 13.5. The lowest BCUT2D eigenvalue weighted by Crippen LogP contribution is -2.22. The minimum atomic E-state index is -4.67. The van der Waals surface area contributed by atoms with Gasteiger partial charge in [0.2, 0.25) is 0 Å². The van der Waals surface area contributed by atoms with Gasteiger partial charge in [0.05, 0.1) is 0 Å². The van der Waals surface area contributed by atoms with Gasteiger partial charge in [-0.15, -0.1) is 0 Å². The number of hydrogen-bond acceptors (Lipinski definition) is 6. The maximum absolute atomic E-state index is 8.74. The third kappa shape index (κ3) is 18.0. The zero-order valence-corrected chi connectivity index (χ0v) is 21.7. The van der Waals surface area contributed by atoms with Gasteiger partial charge in [-0.1, -0.05) is 24.3 Å². The van der Waals surface area contributed by atoms with Gasteiger partial charge >= 0.3 is 10.4 Å². The maximum atomic E-state index is 8.74. The van der Waals surface area contributed by atoms with Gasteiger partial charge < -0.3 is 20.9 Å². The van der Waals surface area contributed by atoms with Gasteiger partial charge in [-0.2, -0.15) is 8.42 Å². The molecule has 1 unspecified atom stereocenters. The molecule has 0 aliphatic carbocycles. The standard InChI is InChI=1S/2C12H19NO.H2O4S/c2*1-9(13)10-5-7-11(8-6-10)14-12(2,3)4;1-5(2,3)4/h2*5-9H,13H2,1-4H3;(H2,1,2,3,4)/t9-;;/m0../s1. The summed E-state index contributed by atoms with van der Waals surface area (Å²) in [6, 6.07) is 16.0. The average molecular weight is 485 g/mol. The second-order valence-electron chi connectivity index (χ2n) is 9.59. The number of ether oxygens (including phenoxy) is 2. The second kappa shape index (κ2) is 12.9. The first-order valence-corrected chi connectivity index (χ1v) is 12.0. The van der Waals surface area contributed by atoms with E-state index < -0.39 is 10.4 Å². The molecule has 0 amide bonds. The van der Waals surface area contributed by atoms with Gasteiger partial charge in [0, 0.05) is 12.1 Å². The van der Waals surface area contributed by atoms with Gasteiger partial charge in [-0.25, -0.2) is 0 Å². The Morgan fingerprint density at radius 2 is 0.879 bits per heavy atom. The van der Waals surface area contributed by atoms with E-state index >= 15 is 0 Å². The Balaban J connectivity index is 0.000000517. The molecule has 0 fully saturated rings. The third-order valence-electron chi connectivity index (χ3n) is 3.66. The Kier molecular flexibility index (Phi) is 12.1. The molecule has 2 atom stereocenters. The van der Waals surface area contributed by atoms with Crippen LogP contribution in [0, 0.1) is 0 Å². The van der Waals surface area contributed by atoms with E-state index in [1.165, 1.54) is 0 Å². The summed E-state index contributed by atoms with van der Waals surface area (Å²) in [7, 11) is -4.67. The van der Waals surface area contributed by atoms with Gasteiger partial charge in [0.25, 0.3) is 0 Å². The lowest BCUT2D eigenvalue weighted by atomic mass is 10.1. The summed E-state index contributed by atoms with van der Waals surface area (Å²) >= 11 is 0. The predicted octanol–water partition coefficient (Wildman–Crippen LogP) is 5.11. The minimum absolute atomic E-state index is 0.0821. The quantitative estimate of drug-likeness (QED) is 0.438. The van der Waals surface area contributed by atoms with E-state index in [1.54, 1.807) is 0 Å². The van der Waals surface area contributed by atoms with E-state index in [0.29, 0.717) is 0 Å². The molecule has 0 heterocycles. The lowest BCUT2D eigenvalue weighted by molar-refractivity contribution is 0.130. The van der Waals surface area contributed by atoms with Crippen molar-refractivity contribution in [1.29, 1.82) is 0 Å². The van der Waals surface area contributed by atoms with Gasteiger partial charge in [0.1, 0.15) is 22.7 Å². The number of nitrogens with two attached hydrogens (primary N) is 2. The molecular formula is C24H40N2O6S. The van der Waals surface area contributed by atoms with Crippen LogP contribution in [0.25, 0.3) is 0 Å². The first-order valence-electron chi connectivity index (χ1n) is 10.6. The highest BCUT2D eigenvalue weighted by molar-refractivity contribution is 7.79. The second-order valence-corrected chi connectivity index (χ2v) is 10.5. The summed E-state index contributed by atoms with van der Waals surface area (Å²) in [6.07, 6.45) is 0. The number of benzene rings is 2. The molecule has 188 valence electrons. The van der Waals surface area contributed by atoms with Crippen molar-refractivity contribution in [3.8, 4) is 11.5 Å². The Morgan fingerprint density at radius 1 is 0.667 bits per heavy atom. The van der Waals surface area contributed by atoms with Crippen molar-refractivity contribution in [3.05, 3.63) is 59.7 Å². The average Bonchev–Trinajstić information content (AvgIpc) is 2.59. The molecule has 8 nitrogen and oxygen atoms in total. The molecule has 33 heavy (non-hydrogen) atoms. The SMILES string of the molecule is CC(N)c1ccc(OC(C)(C)C)cc1.C[C@H](N)c1ccc(OC(C)(C)C)cc1.O=S(=O)(O)O. The van der Waals surface area contributed by atoms with Crippen molar-refractivity contribution >= 4 is 10.4 Å². The Bertz CT molecular complexity index is 840. The molecule has 0 aromatic heterocycles. The Morgan fingerprint density at radius 3 is 1.03 bits per heavy atom. The summed E-state index contributed by atoms with van der Waals surface area (Å²) in [4.78, 5) is 0. The fourth-order valence-corrected chi connectivity index (χ4v) is 2.39. The Labute approximate surface area is 198 Å². The highest BCUT2D eigenvalue weighted by Gasteiger charge is 2.12. The molecule has 0 bridgehead atoms. The molecule has 9 heteroatoms. The van der Waals surface area contributed by atoms with Crippen LogP contribution in [0.1, 0.15) is 78.6 Å². The van der Waals surface area contributed by atoms with Crippen molar-refractivity contribution in [2.24, 2.45) is 11.5 Å². The summed E-state index contributed by atoms with van der Waals surface area (Å²) < 4.78 is 43.0. The zero-order chi connectivity index (χ0) is 26.0. The van der Waals surface area contributed by atoms with Gasteiger partial charge in [-0.3, -0.25) is 9.11 Å². The number of hydrogen-bond donors (Lipinski definition) is 4. The highest BCUT2D eigenvalue weighted by atomic mass is 32.3. The van der Waals surface area contributed by atoms with Crippen molar-refractivity contribution in [2.45, 2.75) is 78.7 Å². The van der Waals surface area contributed by atoms with Crippen LogP contribution in [0.5, 0.6) is 11.5 Å². The maximum Gasteiger partial charge on any atom is 0.394 e. The molecule has 2 aromatic rings. The summed E-state index contributed by atoms with van der Waals surface area (Å²) in [5.74, 6) is 1.78. The molecule has 0 aliphatic rings. The van der Waals surface area contributed by atoms with E-state index in [0.717, 1.165) is 22.6 Å². The fraction of sp³-hybridized carbons (Fsp3) is 0.500. The molecule has 0 aliphatic heterocycles. The van der Waals surface area contributed by atoms with Crippen LogP contribution in [0.4, 0.5) is 0 Å². The van der Waals surface area contributed by atoms with E-state index in [9.17, 15) is 0 Å². The van der Waals surface area contributed by atoms with E-state index in [2.05, 4.69) is 0 Å². The molecule has 0 spiro atoms. The van der Waals surface area contributed by atoms with Crippen LogP contribution in [0.2, 0.25) is 0 Å². The molecule has 0 radical (unpaired) electrons. The van der Waals surface area contributed by atoms with Crippen LogP contribution in [0.15, 0.2) is 48.5 Å². The third-order valence-corrected chi connectivity index (χ3v) is 3.66. The fourth-order valence-electron chi connectivity index (χ4n) is 2.39. The first-order chi connectivity index (χ1) is 14.8. The molecule has 2 aromatic carbocycles. The van der Waals surface area contributed by atoms with Crippen LogP contribution in [-0.4, -0.2) is 28.7 Å². The topological polar surface area (TPSA) is 145 Å². The van der Waals surface area contributed by atoms with Crippen molar-refractivity contribution in [3.63, 3.8) is 0 Å². The molecule has 6 N–H and O–H groups in total. The van der Waals surface area contributed by atoms with Crippen LogP contribution < -0.4 is 20.9 Å². The highest BCUT2D eigenvalue weighted by Crippen LogP contribution is 2.21. The van der Waals surface area contributed by atoms with E-state index in [-0.39, 0.29) is 23.3 Å². The monoisotopic (exact) mass is 484 g/mol. The molecule has 0 saturated carbocycles. The lowest BCUT2D eigenvalue weighted by Gasteiger charge is -2.21. The van der Waals surface area contributed by atoms with E-state index in [4.69, 9.17) is 38.5 Å². The zero-order valence-electron chi connectivity index (χ0n) is 20.9. The number of rotatable bonds is 4. The van der Waals surface area contributed by atoms with Crippen LogP contribution >= 0.6 is 0 Å². The predicted molar refractivity (Wildman–Crippen MR) is 133 cm³/mol. The molecular weight excluding hydrogens is 444 g/mol. The van der Waals surface area contributed by atoms with Crippen molar-refractivity contribution < 1.29 is 27.0 Å². The van der Waals surface area contributed by atoms with Crippen LogP contribution in [0.3, 0.4) is 0 Å². The first kappa shape index (κ1) is 30.8. The van der Waals surface area contributed by atoms with Crippen LogP contribution in [-0.2, 0) is 10.4 Å². The van der Waals surface area contributed by atoms with Crippen molar-refractivity contribution in [1.82, 2.24) is 0 Å². The van der Waals surface area contributed by atoms with E-state index in [1.807, 2.05) is 104 Å². The molecule has 0 saturated heterocycles. The molecule has 2 rings (SSSR count).